The van der Waals surface area contributed by atoms with E-state index in [4.69, 9.17) is 0 Å². The number of hydrogen-bond acceptors (Lipinski definition) is 1. The third-order valence-corrected chi connectivity index (χ3v) is 5.76. The Morgan fingerprint density at radius 2 is 1.76 bits per heavy atom. The summed E-state index contributed by atoms with van der Waals surface area (Å²) in [6.07, 6.45) is 5.58. The molecule has 2 nitrogen and oxygen atoms in total. The minimum atomic E-state index is -0.157. The van der Waals surface area contributed by atoms with E-state index in [1.165, 1.54) is 29.3 Å². The number of piperidine rings is 1. The van der Waals surface area contributed by atoms with Crippen LogP contribution in [-0.4, -0.2) is 29.1 Å². The molecule has 1 aromatic heterocycles. The molecule has 0 N–H and O–H groups in total. The highest BCUT2D eigenvalue weighted by atomic mass is 79.9. The van der Waals surface area contributed by atoms with Crippen LogP contribution in [0.15, 0.2) is 59.2 Å². The molecule has 4 rings (SSSR count). The van der Waals surface area contributed by atoms with Crippen LogP contribution in [0.25, 0.3) is 10.9 Å². The fraction of sp³-hybridized carbons (Fsp3) is 0.333. The fourth-order valence-corrected chi connectivity index (χ4v) is 4.15. The predicted octanol–water partition coefficient (Wildman–Crippen LogP) is 5.42. The van der Waals surface area contributed by atoms with Crippen molar-refractivity contribution in [2.75, 3.05) is 19.6 Å². The number of fused-ring (bicyclic) bond motifs is 1. The SMILES string of the molecule is Fc1ccc(CCN2CCC(n3ccc4ccc(Br)cc43)CC2)cc1. The number of likely N-dealkylation sites (tertiary alicyclic amines) is 1. The lowest BCUT2D eigenvalue weighted by atomic mass is 10.0. The Morgan fingerprint density at radius 1 is 1.00 bits per heavy atom. The second kappa shape index (κ2) is 7.30. The van der Waals surface area contributed by atoms with Gasteiger partial charge in [-0.05, 0) is 60.5 Å². The zero-order chi connectivity index (χ0) is 17.2. The van der Waals surface area contributed by atoms with Gasteiger partial charge in [-0.25, -0.2) is 4.39 Å². The predicted molar refractivity (Wildman–Crippen MR) is 104 cm³/mol. The lowest BCUT2D eigenvalue weighted by molar-refractivity contribution is 0.190. The molecule has 4 heteroatoms. The molecule has 2 aromatic carbocycles. The first kappa shape index (κ1) is 16.8. The van der Waals surface area contributed by atoms with Crippen LogP contribution in [0.4, 0.5) is 4.39 Å². The van der Waals surface area contributed by atoms with Crippen molar-refractivity contribution in [1.29, 1.82) is 0 Å². The molecule has 0 amide bonds. The Kier molecular flexibility index (Phi) is 4.91. The van der Waals surface area contributed by atoms with Gasteiger partial charge in [0, 0.05) is 41.9 Å². The van der Waals surface area contributed by atoms with Crippen LogP contribution in [0.3, 0.4) is 0 Å². The largest absolute Gasteiger partial charge is 0.344 e. The second-order valence-electron chi connectivity index (χ2n) is 6.88. The Morgan fingerprint density at radius 3 is 2.52 bits per heavy atom. The maximum absolute atomic E-state index is 13.0. The van der Waals surface area contributed by atoms with Gasteiger partial charge < -0.3 is 9.47 Å². The van der Waals surface area contributed by atoms with Crippen LogP contribution < -0.4 is 0 Å². The molecular formula is C21H22BrFN2. The summed E-state index contributed by atoms with van der Waals surface area (Å²) in [4.78, 5) is 2.53. The van der Waals surface area contributed by atoms with E-state index in [9.17, 15) is 4.39 Å². The molecule has 0 saturated carbocycles. The molecule has 1 aliphatic heterocycles. The summed E-state index contributed by atoms with van der Waals surface area (Å²) in [5, 5.41) is 1.31. The van der Waals surface area contributed by atoms with Gasteiger partial charge in [0.25, 0.3) is 0 Å². The molecule has 130 valence electrons. The quantitative estimate of drug-likeness (QED) is 0.567. The normalized spacial score (nSPS) is 16.6. The number of rotatable bonds is 4. The average Bonchev–Trinajstić information content (AvgIpc) is 3.05. The van der Waals surface area contributed by atoms with E-state index in [2.05, 4.69) is 55.9 Å². The van der Waals surface area contributed by atoms with Crippen molar-refractivity contribution in [3.05, 3.63) is 70.6 Å². The van der Waals surface area contributed by atoms with Crippen molar-refractivity contribution in [3.63, 3.8) is 0 Å². The van der Waals surface area contributed by atoms with E-state index in [-0.39, 0.29) is 5.82 Å². The van der Waals surface area contributed by atoms with Gasteiger partial charge in [0.1, 0.15) is 5.82 Å². The van der Waals surface area contributed by atoms with Crippen LogP contribution >= 0.6 is 15.9 Å². The van der Waals surface area contributed by atoms with E-state index in [1.807, 2.05) is 12.1 Å². The highest BCUT2D eigenvalue weighted by molar-refractivity contribution is 9.10. The van der Waals surface area contributed by atoms with Crippen molar-refractivity contribution in [2.24, 2.45) is 0 Å². The topological polar surface area (TPSA) is 8.17 Å². The maximum atomic E-state index is 13.0. The summed E-state index contributed by atoms with van der Waals surface area (Å²) in [6, 6.07) is 16.2. The van der Waals surface area contributed by atoms with E-state index < -0.39 is 0 Å². The highest BCUT2D eigenvalue weighted by Crippen LogP contribution is 2.29. The molecular weight excluding hydrogens is 379 g/mol. The zero-order valence-corrected chi connectivity index (χ0v) is 15.8. The van der Waals surface area contributed by atoms with Crippen molar-refractivity contribution in [2.45, 2.75) is 25.3 Å². The average molecular weight is 401 g/mol. The number of nitrogens with zero attached hydrogens (tertiary/aromatic N) is 2. The monoisotopic (exact) mass is 400 g/mol. The van der Waals surface area contributed by atoms with Gasteiger partial charge in [0.15, 0.2) is 0 Å². The van der Waals surface area contributed by atoms with Crippen LogP contribution in [-0.2, 0) is 6.42 Å². The molecule has 3 aromatic rings. The minimum absolute atomic E-state index is 0.157. The maximum Gasteiger partial charge on any atom is 0.123 e. The number of benzene rings is 2. The Bertz CT molecular complexity index is 848. The summed E-state index contributed by atoms with van der Waals surface area (Å²) >= 11 is 3.59. The van der Waals surface area contributed by atoms with Crippen molar-refractivity contribution in [3.8, 4) is 0 Å². The van der Waals surface area contributed by atoms with Gasteiger partial charge in [-0.3, -0.25) is 0 Å². The first-order chi connectivity index (χ1) is 12.2. The van der Waals surface area contributed by atoms with Crippen molar-refractivity contribution >= 4 is 26.8 Å². The molecule has 25 heavy (non-hydrogen) atoms. The molecule has 1 fully saturated rings. The van der Waals surface area contributed by atoms with E-state index >= 15 is 0 Å². The molecule has 0 aliphatic carbocycles. The van der Waals surface area contributed by atoms with Gasteiger partial charge in [0.2, 0.25) is 0 Å². The third-order valence-electron chi connectivity index (χ3n) is 5.27. The summed E-state index contributed by atoms with van der Waals surface area (Å²) in [5.74, 6) is -0.157. The summed E-state index contributed by atoms with van der Waals surface area (Å²) in [7, 11) is 0. The minimum Gasteiger partial charge on any atom is -0.344 e. The second-order valence-corrected chi connectivity index (χ2v) is 7.79. The van der Waals surface area contributed by atoms with Crippen molar-refractivity contribution < 1.29 is 4.39 Å². The van der Waals surface area contributed by atoms with Gasteiger partial charge in [0.05, 0.1) is 0 Å². The van der Waals surface area contributed by atoms with Crippen LogP contribution in [0.1, 0.15) is 24.4 Å². The zero-order valence-electron chi connectivity index (χ0n) is 14.2. The van der Waals surface area contributed by atoms with E-state index in [1.54, 1.807) is 12.1 Å². The summed E-state index contributed by atoms with van der Waals surface area (Å²) in [5.41, 5.74) is 2.53. The molecule has 1 aliphatic rings. The fourth-order valence-electron chi connectivity index (χ4n) is 3.80. The van der Waals surface area contributed by atoms with Crippen LogP contribution in [0, 0.1) is 5.82 Å². The van der Waals surface area contributed by atoms with Gasteiger partial charge >= 0.3 is 0 Å². The standard InChI is InChI=1S/C21H22BrFN2/c22-18-4-3-17-8-14-25(21(17)15-18)20-9-12-24(13-10-20)11-7-16-1-5-19(23)6-2-16/h1-6,8,14-15,20H,7,9-13H2. The van der Waals surface area contributed by atoms with Crippen molar-refractivity contribution in [1.82, 2.24) is 9.47 Å². The third kappa shape index (κ3) is 3.80. The molecule has 0 bridgehead atoms. The molecule has 0 atom stereocenters. The summed E-state index contributed by atoms with van der Waals surface area (Å²) < 4.78 is 16.6. The van der Waals surface area contributed by atoms with E-state index in [0.717, 1.165) is 30.5 Å². The van der Waals surface area contributed by atoms with Gasteiger partial charge in [-0.15, -0.1) is 0 Å². The Hall–Kier alpha value is -1.65. The van der Waals surface area contributed by atoms with Gasteiger partial charge in [-0.2, -0.15) is 0 Å². The molecule has 2 heterocycles. The Labute approximate surface area is 156 Å². The molecule has 0 unspecified atom stereocenters. The number of hydrogen-bond donors (Lipinski definition) is 0. The summed E-state index contributed by atoms with van der Waals surface area (Å²) in [6.45, 7) is 3.30. The number of halogens is 2. The smallest absolute Gasteiger partial charge is 0.123 e. The van der Waals surface area contributed by atoms with Gasteiger partial charge in [-0.1, -0.05) is 34.1 Å². The Balaban J connectivity index is 1.36. The lowest BCUT2D eigenvalue weighted by Crippen LogP contribution is -2.35. The number of aromatic nitrogens is 1. The molecule has 0 spiro atoms. The first-order valence-corrected chi connectivity index (χ1v) is 9.71. The molecule has 1 saturated heterocycles. The van der Waals surface area contributed by atoms with Crippen LogP contribution in [0.2, 0.25) is 0 Å². The highest BCUT2D eigenvalue weighted by Gasteiger charge is 2.21. The first-order valence-electron chi connectivity index (χ1n) is 8.92. The lowest BCUT2D eigenvalue weighted by Gasteiger charge is -2.33. The van der Waals surface area contributed by atoms with Crippen LogP contribution in [0.5, 0.6) is 0 Å². The van der Waals surface area contributed by atoms with E-state index in [0.29, 0.717) is 6.04 Å². The molecule has 0 radical (unpaired) electrons.